The van der Waals surface area contributed by atoms with Crippen LogP contribution in [0.1, 0.15) is 39.3 Å². The third-order valence-electron chi connectivity index (χ3n) is 8.29. The van der Waals surface area contributed by atoms with Crippen molar-refractivity contribution in [3.8, 4) is 34.1 Å². The van der Waals surface area contributed by atoms with Gasteiger partial charge in [0.15, 0.2) is 11.6 Å². The van der Waals surface area contributed by atoms with Gasteiger partial charge in [0, 0.05) is 42.4 Å². The number of ether oxygens (including phenoxy) is 1. The Bertz CT molecular complexity index is 1900. The van der Waals surface area contributed by atoms with Crippen LogP contribution < -0.4 is 4.74 Å². The molecule has 212 valence electrons. The van der Waals surface area contributed by atoms with Gasteiger partial charge in [-0.15, -0.1) is 16.4 Å². The maximum atomic E-state index is 13.8. The van der Waals surface area contributed by atoms with Crippen molar-refractivity contribution in [2.24, 2.45) is 0 Å². The Morgan fingerprint density at radius 1 is 0.930 bits per heavy atom. The van der Waals surface area contributed by atoms with Crippen molar-refractivity contribution in [1.29, 1.82) is 0 Å². The van der Waals surface area contributed by atoms with Crippen LogP contribution in [0.4, 0.5) is 0 Å². The Morgan fingerprint density at radius 3 is 2.44 bits per heavy atom. The number of fused-ring (bicyclic) bond motifs is 2. The van der Waals surface area contributed by atoms with Crippen molar-refractivity contribution in [2.75, 3.05) is 13.1 Å². The van der Waals surface area contributed by atoms with Gasteiger partial charge in [0.2, 0.25) is 0 Å². The largest absolute Gasteiger partial charge is 0.486 e. The van der Waals surface area contributed by atoms with Gasteiger partial charge in [-0.25, -0.2) is 9.78 Å². The van der Waals surface area contributed by atoms with E-state index in [9.17, 15) is 9.59 Å². The average molecular weight is 588 g/mol. The zero-order valence-electron chi connectivity index (χ0n) is 22.9. The molecule has 2 aliphatic heterocycles. The smallest absolute Gasteiger partial charge is 0.264 e. The summed E-state index contributed by atoms with van der Waals surface area (Å²) in [5.41, 5.74) is 3.44. The quantitative estimate of drug-likeness (QED) is 0.286. The van der Waals surface area contributed by atoms with Gasteiger partial charge in [0.05, 0.1) is 22.5 Å². The van der Waals surface area contributed by atoms with Gasteiger partial charge in [0.25, 0.3) is 5.91 Å². The Hall–Kier alpha value is -5.16. The molecule has 0 saturated carbocycles. The molecule has 3 aromatic carbocycles. The predicted octanol–water partition coefficient (Wildman–Crippen LogP) is 5.57. The summed E-state index contributed by atoms with van der Waals surface area (Å²) in [4.78, 5) is 30.6. The Kier molecular flexibility index (Phi) is 5.93. The summed E-state index contributed by atoms with van der Waals surface area (Å²) in [7, 11) is 0. The third kappa shape index (κ3) is 4.40. The van der Waals surface area contributed by atoms with Gasteiger partial charge >= 0.3 is 0 Å². The fourth-order valence-corrected chi connectivity index (χ4v) is 7.14. The van der Waals surface area contributed by atoms with Crippen LogP contribution in [0.25, 0.3) is 38.5 Å². The number of aromatic amines is 1. The van der Waals surface area contributed by atoms with Crippen LogP contribution in [-0.4, -0.2) is 65.7 Å². The Labute approximate surface area is 249 Å². The first-order chi connectivity index (χ1) is 21.1. The molecule has 6 aromatic rings. The molecule has 2 aliphatic rings. The lowest BCUT2D eigenvalue weighted by Crippen LogP contribution is -2.52. The molecule has 1 spiro atoms. The maximum absolute atomic E-state index is 13.8. The molecule has 0 unspecified atom stereocenters. The number of benzene rings is 3. The first kappa shape index (κ1) is 25.5. The average Bonchev–Trinajstić information content (AvgIpc) is 3.80. The number of hydrogen-bond acceptors (Lipinski definition) is 8. The Morgan fingerprint density at radius 2 is 1.70 bits per heavy atom. The number of thiophene rings is 1. The number of carbonyl (C=O) groups excluding carboxylic acids is 2. The molecule has 1 saturated heterocycles. The van der Waals surface area contributed by atoms with Crippen LogP contribution in [-0.2, 0) is 0 Å². The minimum Gasteiger partial charge on any atom is -0.486 e. The zero-order chi connectivity index (χ0) is 29.0. The van der Waals surface area contributed by atoms with E-state index in [1.54, 1.807) is 12.1 Å². The molecule has 1 amide bonds. The van der Waals surface area contributed by atoms with Gasteiger partial charge in [-0.05, 0) is 46.8 Å². The standard InChI is InChI=1S/C32H25N7O3S/c40-25-19-32(42-26-12-11-21(17-23(25)26)29-33-36-37-34-29)13-15-38(16-14-32)30(41)27-18-24-28(20-7-3-1-4-8-20)35-39(31(24)43-27)22-9-5-2-6-10-22/h1-12,17-18H,13-16,19H2,(H,33,34,36,37). The number of nitrogens with one attached hydrogen (secondary N) is 1. The molecule has 5 heterocycles. The van der Waals surface area contributed by atoms with E-state index in [-0.39, 0.29) is 18.1 Å². The number of hydrogen-bond donors (Lipinski definition) is 1. The molecular weight excluding hydrogens is 562 g/mol. The number of likely N-dealkylation sites (tertiary alicyclic amines) is 1. The van der Waals surface area contributed by atoms with Crippen LogP contribution in [0.3, 0.4) is 0 Å². The zero-order valence-corrected chi connectivity index (χ0v) is 23.8. The topological polar surface area (TPSA) is 119 Å². The van der Waals surface area contributed by atoms with Crippen LogP contribution in [0.15, 0.2) is 84.9 Å². The second-order valence-corrected chi connectivity index (χ2v) is 12.0. The van der Waals surface area contributed by atoms with Gasteiger partial charge in [0.1, 0.15) is 21.9 Å². The molecule has 43 heavy (non-hydrogen) atoms. The monoisotopic (exact) mass is 587 g/mol. The number of H-pyrrole nitrogens is 1. The molecule has 0 aliphatic carbocycles. The number of tetrazole rings is 1. The summed E-state index contributed by atoms with van der Waals surface area (Å²) in [6, 6.07) is 27.4. The summed E-state index contributed by atoms with van der Waals surface area (Å²) < 4.78 is 8.40. The predicted molar refractivity (Wildman–Crippen MR) is 161 cm³/mol. The summed E-state index contributed by atoms with van der Waals surface area (Å²) in [5.74, 6) is 1.08. The lowest BCUT2D eigenvalue weighted by atomic mass is 9.82. The molecule has 0 bridgehead atoms. The van der Waals surface area contributed by atoms with E-state index in [1.165, 1.54) is 11.3 Å². The van der Waals surface area contributed by atoms with Gasteiger partial charge in [-0.1, -0.05) is 48.5 Å². The second-order valence-electron chi connectivity index (χ2n) is 10.9. The highest BCUT2D eigenvalue weighted by atomic mass is 32.1. The second kappa shape index (κ2) is 9.99. The normalized spacial score (nSPS) is 15.9. The van der Waals surface area contributed by atoms with Crippen LogP contribution >= 0.6 is 11.3 Å². The van der Waals surface area contributed by atoms with Crippen molar-refractivity contribution < 1.29 is 14.3 Å². The number of aromatic nitrogens is 6. The van der Waals surface area contributed by atoms with E-state index in [2.05, 4.69) is 20.6 Å². The van der Waals surface area contributed by atoms with Crippen molar-refractivity contribution in [3.63, 3.8) is 0 Å². The molecular formula is C32H25N7O3S. The van der Waals surface area contributed by atoms with Crippen molar-refractivity contribution in [2.45, 2.75) is 24.9 Å². The maximum Gasteiger partial charge on any atom is 0.264 e. The molecule has 8 rings (SSSR count). The summed E-state index contributed by atoms with van der Waals surface area (Å²) >= 11 is 1.46. The van der Waals surface area contributed by atoms with Crippen molar-refractivity contribution >= 4 is 33.2 Å². The number of ketones is 1. The van der Waals surface area contributed by atoms with E-state index in [0.717, 1.165) is 32.7 Å². The number of amides is 1. The SMILES string of the molecule is O=C1CC2(CCN(C(=O)c3cc4c(-c5ccccc5)nn(-c5ccccc5)c4s3)CC2)Oc2ccc(-c3nnn[nH]3)cc21. The lowest BCUT2D eigenvalue weighted by molar-refractivity contribution is -0.00557. The highest BCUT2D eigenvalue weighted by Crippen LogP contribution is 2.41. The molecule has 0 radical (unpaired) electrons. The Balaban J connectivity index is 1.05. The molecule has 1 fully saturated rings. The molecule has 3 aromatic heterocycles. The summed E-state index contributed by atoms with van der Waals surface area (Å²) in [5, 5.41) is 19.8. The first-order valence-corrected chi connectivity index (χ1v) is 14.9. The van der Waals surface area contributed by atoms with Crippen LogP contribution in [0, 0.1) is 0 Å². The van der Waals surface area contributed by atoms with E-state index in [0.29, 0.717) is 47.9 Å². The first-order valence-electron chi connectivity index (χ1n) is 14.1. The molecule has 10 nitrogen and oxygen atoms in total. The molecule has 1 N–H and O–H groups in total. The summed E-state index contributed by atoms with van der Waals surface area (Å²) in [6.45, 7) is 1.02. The van der Waals surface area contributed by atoms with Gasteiger partial charge in [-0.3, -0.25) is 9.59 Å². The minimum absolute atomic E-state index is 0.0116. The minimum atomic E-state index is -0.620. The van der Waals surface area contributed by atoms with E-state index >= 15 is 0 Å². The number of para-hydroxylation sites is 1. The highest BCUT2D eigenvalue weighted by molar-refractivity contribution is 7.20. The number of piperidine rings is 1. The molecule has 0 atom stereocenters. The van der Waals surface area contributed by atoms with E-state index in [4.69, 9.17) is 9.84 Å². The van der Waals surface area contributed by atoms with E-state index in [1.807, 2.05) is 82.4 Å². The third-order valence-corrected chi connectivity index (χ3v) is 9.39. The fraction of sp³-hybridized carbons (Fsp3) is 0.188. The number of Topliss-reactive ketones (excluding diaryl/α,β-unsaturated/α-hetero) is 1. The van der Waals surface area contributed by atoms with Crippen LogP contribution in [0.5, 0.6) is 5.75 Å². The summed E-state index contributed by atoms with van der Waals surface area (Å²) in [6.07, 6.45) is 1.43. The lowest BCUT2D eigenvalue weighted by Gasteiger charge is -2.43. The highest BCUT2D eigenvalue weighted by Gasteiger charge is 2.44. The number of rotatable bonds is 4. The van der Waals surface area contributed by atoms with Crippen molar-refractivity contribution in [1.82, 2.24) is 35.3 Å². The van der Waals surface area contributed by atoms with Crippen molar-refractivity contribution in [3.05, 3.63) is 95.4 Å². The van der Waals surface area contributed by atoms with Gasteiger partial charge < -0.3 is 9.64 Å². The fourth-order valence-electron chi connectivity index (χ4n) is 6.04. The number of nitrogens with zero attached hydrogens (tertiary/aromatic N) is 6. The van der Waals surface area contributed by atoms with E-state index < -0.39 is 5.60 Å². The van der Waals surface area contributed by atoms with Crippen LogP contribution in [0.2, 0.25) is 0 Å². The van der Waals surface area contributed by atoms with Gasteiger partial charge in [-0.2, -0.15) is 5.10 Å². The number of carbonyl (C=O) groups is 2. The molecule has 11 heteroatoms.